The highest BCUT2D eigenvalue weighted by molar-refractivity contribution is 6.30. The smallest absolute Gasteiger partial charge is 0.266 e. The van der Waals surface area contributed by atoms with Crippen molar-refractivity contribution in [2.24, 2.45) is 0 Å². The largest absolute Gasteiger partial charge is 0.268 e. The van der Waals surface area contributed by atoms with E-state index in [0.29, 0.717) is 38.6 Å². The van der Waals surface area contributed by atoms with Crippen molar-refractivity contribution in [2.45, 2.75) is 6.42 Å². The highest BCUT2D eigenvalue weighted by Crippen LogP contribution is 2.17. The second-order valence-electron chi connectivity index (χ2n) is 7.18. The van der Waals surface area contributed by atoms with Crippen molar-refractivity contribution in [1.29, 1.82) is 0 Å². The molecule has 0 amide bonds. The fourth-order valence-corrected chi connectivity index (χ4v) is 3.87. The molecule has 0 atom stereocenters. The lowest BCUT2D eigenvalue weighted by atomic mass is 10.1. The molecule has 0 unspecified atom stereocenters. The molecule has 0 fully saturated rings. The van der Waals surface area contributed by atoms with Crippen LogP contribution >= 0.6 is 23.2 Å². The van der Waals surface area contributed by atoms with Gasteiger partial charge in [-0.25, -0.2) is 9.55 Å². The highest BCUT2D eigenvalue weighted by atomic mass is 35.5. The molecule has 0 aliphatic rings. The van der Waals surface area contributed by atoms with Crippen molar-refractivity contribution < 1.29 is 0 Å². The van der Waals surface area contributed by atoms with E-state index in [2.05, 4.69) is 4.98 Å². The van der Waals surface area contributed by atoms with E-state index in [0.717, 1.165) is 5.56 Å². The third-order valence-electron chi connectivity index (χ3n) is 5.14. The lowest BCUT2D eigenvalue weighted by Crippen LogP contribution is -2.30. The first-order valence-electron chi connectivity index (χ1n) is 9.58. The summed E-state index contributed by atoms with van der Waals surface area (Å²) in [5, 5.41) is 1.65. The minimum atomic E-state index is -0.251. The van der Waals surface area contributed by atoms with Crippen LogP contribution in [0, 0.1) is 0 Å². The Bertz CT molecular complexity index is 1550. The first kappa shape index (κ1) is 19.5. The number of aromatic nitrogens is 3. The number of rotatable bonds is 3. The summed E-state index contributed by atoms with van der Waals surface area (Å²) in [6, 6.07) is 21.2. The summed E-state index contributed by atoms with van der Waals surface area (Å²) < 4.78 is 2.89. The van der Waals surface area contributed by atoms with Gasteiger partial charge in [0.2, 0.25) is 5.78 Å². The lowest BCUT2D eigenvalue weighted by Gasteiger charge is -2.14. The standard InChI is InChI=1S/C24H15Cl2N3O2/c25-17-7-5-15(6-8-17)13-16-14-28-23(31)20-3-1-2-4-21(20)27-24(28)29(22(16)30)19-11-9-18(26)10-12-19/h1-12,14H,13H2. The van der Waals surface area contributed by atoms with Gasteiger partial charge < -0.3 is 0 Å². The van der Waals surface area contributed by atoms with Crippen molar-refractivity contribution in [1.82, 2.24) is 14.0 Å². The van der Waals surface area contributed by atoms with Crippen molar-refractivity contribution in [3.05, 3.63) is 121 Å². The normalized spacial score (nSPS) is 11.3. The van der Waals surface area contributed by atoms with Gasteiger partial charge in [0.05, 0.1) is 16.6 Å². The van der Waals surface area contributed by atoms with Crippen LogP contribution in [0.3, 0.4) is 0 Å². The molecule has 0 radical (unpaired) electrons. The van der Waals surface area contributed by atoms with Crippen LogP contribution in [0.25, 0.3) is 22.4 Å². The zero-order chi connectivity index (χ0) is 21.5. The van der Waals surface area contributed by atoms with Crippen LogP contribution in [-0.2, 0) is 6.42 Å². The molecule has 5 aromatic rings. The summed E-state index contributed by atoms with van der Waals surface area (Å²) in [5.74, 6) is 0.246. The fraction of sp³-hybridized carbons (Fsp3) is 0.0417. The topological polar surface area (TPSA) is 56.4 Å². The van der Waals surface area contributed by atoms with Gasteiger partial charge in [0.15, 0.2) is 0 Å². The second kappa shape index (κ2) is 7.69. The van der Waals surface area contributed by atoms with Crippen LogP contribution in [-0.4, -0.2) is 14.0 Å². The number of hydrogen-bond donors (Lipinski definition) is 0. The molecule has 0 aliphatic heterocycles. The summed E-state index contributed by atoms with van der Waals surface area (Å²) in [6.45, 7) is 0. The Hall–Kier alpha value is -3.41. The lowest BCUT2D eigenvalue weighted by molar-refractivity contribution is 0.875. The molecule has 0 N–H and O–H groups in total. The van der Waals surface area contributed by atoms with Crippen molar-refractivity contribution in [2.75, 3.05) is 0 Å². The van der Waals surface area contributed by atoms with Crippen molar-refractivity contribution in [3.8, 4) is 5.69 Å². The molecule has 152 valence electrons. The number of halogens is 2. The zero-order valence-corrected chi connectivity index (χ0v) is 17.6. The molecular weight excluding hydrogens is 433 g/mol. The SMILES string of the molecule is O=c1c(Cc2ccc(Cl)cc2)cn2c(=O)c3ccccc3nc2n1-c1ccc(Cl)cc1. The number of hydrogen-bond acceptors (Lipinski definition) is 3. The van der Waals surface area contributed by atoms with Gasteiger partial charge in [-0.05, 0) is 54.1 Å². The molecule has 5 rings (SSSR count). The van der Waals surface area contributed by atoms with Crippen LogP contribution in [0.5, 0.6) is 0 Å². The minimum Gasteiger partial charge on any atom is -0.268 e. The Morgan fingerprint density at radius 3 is 2.13 bits per heavy atom. The van der Waals surface area contributed by atoms with Gasteiger partial charge in [0.1, 0.15) is 0 Å². The average Bonchev–Trinajstić information content (AvgIpc) is 2.78. The average molecular weight is 448 g/mol. The first-order chi connectivity index (χ1) is 15.0. The van der Waals surface area contributed by atoms with Gasteiger partial charge in [0, 0.05) is 28.2 Å². The second-order valence-corrected chi connectivity index (χ2v) is 8.05. The van der Waals surface area contributed by atoms with E-state index in [1.807, 2.05) is 18.2 Å². The molecule has 5 nitrogen and oxygen atoms in total. The first-order valence-corrected chi connectivity index (χ1v) is 10.3. The van der Waals surface area contributed by atoms with Crippen LogP contribution < -0.4 is 11.1 Å². The van der Waals surface area contributed by atoms with Gasteiger partial charge in [-0.3, -0.25) is 14.0 Å². The monoisotopic (exact) mass is 447 g/mol. The molecule has 31 heavy (non-hydrogen) atoms. The Balaban J connectivity index is 1.85. The molecule has 0 saturated heterocycles. The van der Waals surface area contributed by atoms with E-state index in [1.165, 1.54) is 8.97 Å². The molecule has 0 spiro atoms. The van der Waals surface area contributed by atoms with Crippen LogP contribution in [0.1, 0.15) is 11.1 Å². The summed E-state index contributed by atoms with van der Waals surface area (Å²) in [7, 11) is 0. The Kier molecular flexibility index (Phi) is 4.85. The number of para-hydroxylation sites is 1. The van der Waals surface area contributed by atoms with E-state index < -0.39 is 0 Å². The molecule has 7 heteroatoms. The number of benzene rings is 3. The van der Waals surface area contributed by atoms with E-state index >= 15 is 0 Å². The van der Waals surface area contributed by atoms with Gasteiger partial charge in [-0.2, -0.15) is 0 Å². The van der Waals surface area contributed by atoms with E-state index in [4.69, 9.17) is 23.2 Å². The molecule has 2 aromatic heterocycles. The molecule has 3 aromatic carbocycles. The van der Waals surface area contributed by atoms with E-state index in [9.17, 15) is 9.59 Å². The highest BCUT2D eigenvalue weighted by Gasteiger charge is 2.16. The van der Waals surface area contributed by atoms with Gasteiger partial charge in [-0.1, -0.05) is 47.5 Å². The number of fused-ring (bicyclic) bond motifs is 2. The predicted octanol–water partition coefficient (Wildman–Crippen LogP) is 4.90. The zero-order valence-electron chi connectivity index (χ0n) is 16.1. The van der Waals surface area contributed by atoms with Gasteiger partial charge >= 0.3 is 0 Å². The van der Waals surface area contributed by atoms with Crippen LogP contribution in [0.2, 0.25) is 10.0 Å². The quantitative estimate of drug-likeness (QED) is 0.369. The van der Waals surface area contributed by atoms with E-state index in [-0.39, 0.29) is 16.9 Å². The molecule has 0 aliphatic carbocycles. The minimum absolute atomic E-state index is 0.235. The van der Waals surface area contributed by atoms with Crippen molar-refractivity contribution in [3.63, 3.8) is 0 Å². The van der Waals surface area contributed by atoms with Gasteiger partial charge in [0.25, 0.3) is 11.1 Å². The predicted molar refractivity (Wildman–Crippen MR) is 124 cm³/mol. The summed E-state index contributed by atoms with van der Waals surface area (Å²) in [5.41, 5.74) is 1.99. The maximum atomic E-state index is 13.5. The van der Waals surface area contributed by atoms with Crippen LogP contribution in [0.4, 0.5) is 0 Å². The van der Waals surface area contributed by atoms with E-state index in [1.54, 1.807) is 60.8 Å². The number of nitrogens with zero attached hydrogens (tertiary/aromatic N) is 3. The Morgan fingerprint density at radius 1 is 0.774 bits per heavy atom. The molecule has 0 saturated carbocycles. The Morgan fingerprint density at radius 2 is 1.42 bits per heavy atom. The maximum Gasteiger partial charge on any atom is 0.266 e. The molecule has 0 bridgehead atoms. The van der Waals surface area contributed by atoms with Crippen molar-refractivity contribution >= 4 is 39.9 Å². The maximum absolute atomic E-state index is 13.5. The van der Waals surface area contributed by atoms with Crippen LogP contribution in [0.15, 0.2) is 88.6 Å². The Labute approximate surface area is 186 Å². The third-order valence-corrected chi connectivity index (χ3v) is 5.65. The summed E-state index contributed by atoms with van der Waals surface area (Å²) >= 11 is 12.0. The van der Waals surface area contributed by atoms with Gasteiger partial charge in [-0.15, -0.1) is 0 Å². The summed E-state index contributed by atoms with van der Waals surface area (Å²) in [6.07, 6.45) is 1.93. The summed E-state index contributed by atoms with van der Waals surface area (Å²) in [4.78, 5) is 31.4. The molecule has 2 heterocycles. The third kappa shape index (κ3) is 3.52. The molecular formula is C24H15Cl2N3O2. The fourth-order valence-electron chi connectivity index (χ4n) is 3.62.